The number of nitrogens with one attached hydrogen (secondary N) is 2. The predicted molar refractivity (Wildman–Crippen MR) is 83.1 cm³/mol. The van der Waals surface area contributed by atoms with E-state index in [0.29, 0.717) is 18.0 Å². The van der Waals surface area contributed by atoms with Crippen LogP contribution in [0.3, 0.4) is 0 Å². The van der Waals surface area contributed by atoms with Crippen molar-refractivity contribution in [3.05, 3.63) is 23.5 Å². The standard InChI is InChI=1S/C15H24N2O3S/c1-11(2)7-12-8-14(16-9-12)15(18)17-10-13-5-3-4-6-21(13,19)20/h8-9,11,13,16H,3-7,10H2,1-2H3,(H,17,18). The van der Waals surface area contributed by atoms with Crippen LogP contribution in [0.25, 0.3) is 0 Å². The largest absolute Gasteiger partial charge is 0.357 e. The second kappa shape index (κ2) is 6.64. The second-order valence-electron chi connectivity index (χ2n) is 6.21. The molecule has 1 saturated heterocycles. The Morgan fingerprint density at radius 2 is 2.19 bits per heavy atom. The van der Waals surface area contributed by atoms with E-state index in [1.54, 1.807) is 0 Å². The Balaban J connectivity index is 1.91. The Labute approximate surface area is 126 Å². The molecule has 1 fully saturated rings. The molecule has 0 saturated carbocycles. The van der Waals surface area contributed by atoms with Crippen LogP contribution in [0.15, 0.2) is 12.3 Å². The van der Waals surface area contributed by atoms with E-state index in [1.807, 2.05) is 12.3 Å². The Kier molecular flexibility index (Phi) is 5.08. The van der Waals surface area contributed by atoms with E-state index < -0.39 is 15.1 Å². The SMILES string of the molecule is CC(C)Cc1c[nH]c(C(=O)NCC2CCCCS2(=O)=O)c1. The molecule has 1 unspecified atom stereocenters. The van der Waals surface area contributed by atoms with E-state index in [0.717, 1.165) is 24.8 Å². The summed E-state index contributed by atoms with van der Waals surface area (Å²) < 4.78 is 23.8. The van der Waals surface area contributed by atoms with Crippen molar-refractivity contribution in [1.82, 2.24) is 10.3 Å². The first-order valence-electron chi connectivity index (χ1n) is 7.55. The molecular weight excluding hydrogens is 288 g/mol. The van der Waals surface area contributed by atoms with Gasteiger partial charge in [-0.2, -0.15) is 0 Å². The maximum atomic E-state index is 12.1. The average Bonchev–Trinajstić information content (AvgIpc) is 2.84. The highest BCUT2D eigenvalue weighted by molar-refractivity contribution is 7.92. The van der Waals surface area contributed by atoms with E-state index in [-0.39, 0.29) is 18.2 Å². The summed E-state index contributed by atoms with van der Waals surface area (Å²) in [5, 5.41) is 2.31. The number of hydrogen-bond donors (Lipinski definition) is 2. The van der Waals surface area contributed by atoms with Crippen LogP contribution in [-0.4, -0.2) is 36.9 Å². The number of sulfone groups is 1. The van der Waals surface area contributed by atoms with Crippen molar-refractivity contribution in [1.29, 1.82) is 0 Å². The lowest BCUT2D eigenvalue weighted by Crippen LogP contribution is -2.39. The molecule has 0 aromatic carbocycles. The van der Waals surface area contributed by atoms with Crippen LogP contribution in [0.5, 0.6) is 0 Å². The van der Waals surface area contributed by atoms with Gasteiger partial charge in [-0.1, -0.05) is 20.3 Å². The van der Waals surface area contributed by atoms with Gasteiger partial charge in [0, 0.05) is 12.7 Å². The maximum Gasteiger partial charge on any atom is 0.267 e. The summed E-state index contributed by atoms with van der Waals surface area (Å²) in [5.41, 5.74) is 1.60. The normalized spacial score (nSPS) is 21.4. The van der Waals surface area contributed by atoms with Crippen molar-refractivity contribution in [2.24, 2.45) is 5.92 Å². The van der Waals surface area contributed by atoms with Gasteiger partial charge in [-0.05, 0) is 36.8 Å². The van der Waals surface area contributed by atoms with E-state index in [4.69, 9.17) is 0 Å². The van der Waals surface area contributed by atoms with Crippen molar-refractivity contribution in [2.45, 2.75) is 44.8 Å². The first-order valence-corrected chi connectivity index (χ1v) is 9.27. The van der Waals surface area contributed by atoms with Gasteiger partial charge in [-0.15, -0.1) is 0 Å². The summed E-state index contributed by atoms with van der Waals surface area (Å²) in [6.07, 6.45) is 5.06. The number of carbonyl (C=O) groups is 1. The minimum Gasteiger partial charge on any atom is -0.357 e. The highest BCUT2D eigenvalue weighted by atomic mass is 32.2. The third-order valence-corrected chi connectivity index (χ3v) is 6.11. The lowest BCUT2D eigenvalue weighted by molar-refractivity contribution is 0.0949. The van der Waals surface area contributed by atoms with E-state index in [9.17, 15) is 13.2 Å². The average molecular weight is 312 g/mol. The molecule has 2 heterocycles. The van der Waals surface area contributed by atoms with Gasteiger partial charge in [0.2, 0.25) is 0 Å². The molecule has 0 spiro atoms. The van der Waals surface area contributed by atoms with Crippen LogP contribution in [0.1, 0.15) is 49.2 Å². The fraction of sp³-hybridized carbons (Fsp3) is 0.667. The fourth-order valence-corrected chi connectivity index (χ4v) is 4.51. The third-order valence-electron chi connectivity index (χ3n) is 3.83. The molecule has 0 radical (unpaired) electrons. The molecule has 2 N–H and O–H groups in total. The highest BCUT2D eigenvalue weighted by Crippen LogP contribution is 2.19. The van der Waals surface area contributed by atoms with Crippen LogP contribution in [0, 0.1) is 5.92 Å². The number of carbonyl (C=O) groups excluding carboxylic acids is 1. The van der Waals surface area contributed by atoms with E-state index in [2.05, 4.69) is 24.1 Å². The molecule has 1 aliphatic heterocycles. The van der Waals surface area contributed by atoms with Gasteiger partial charge in [0.05, 0.1) is 11.0 Å². The van der Waals surface area contributed by atoms with Gasteiger partial charge >= 0.3 is 0 Å². The molecule has 0 aliphatic carbocycles. The quantitative estimate of drug-likeness (QED) is 0.871. The van der Waals surface area contributed by atoms with Crippen molar-refractivity contribution in [2.75, 3.05) is 12.3 Å². The molecule has 1 atom stereocenters. The lowest BCUT2D eigenvalue weighted by atomic mass is 10.1. The Bertz CT molecular complexity index is 590. The summed E-state index contributed by atoms with van der Waals surface area (Å²) >= 11 is 0. The maximum absolute atomic E-state index is 12.1. The summed E-state index contributed by atoms with van der Waals surface area (Å²) in [7, 11) is -3.04. The van der Waals surface area contributed by atoms with Gasteiger partial charge in [0.1, 0.15) is 5.69 Å². The van der Waals surface area contributed by atoms with Crippen LogP contribution in [-0.2, 0) is 16.3 Å². The molecule has 21 heavy (non-hydrogen) atoms. The molecule has 2 rings (SSSR count). The number of aromatic amines is 1. The van der Waals surface area contributed by atoms with Crippen molar-refractivity contribution in [3.8, 4) is 0 Å². The predicted octanol–water partition coefficient (Wildman–Crippen LogP) is 1.91. The Hall–Kier alpha value is -1.30. The minimum absolute atomic E-state index is 0.208. The molecule has 1 aromatic rings. The van der Waals surface area contributed by atoms with Gasteiger partial charge in [0.15, 0.2) is 9.84 Å². The third kappa shape index (κ3) is 4.33. The van der Waals surface area contributed by atoms with Gasteiger partial charge in [-0.25, -0.2) is 8.42 Å². The van der Waals surface area contributed by atoms with E-state index in [1.165, 1.54) is 0 Å². The monoisotopic (exact) mass is 312 g/mol. The molecule has 1 aromatic heterocycles. The smallest absolute Gasteiger partial charge is 0.267 e. The molecule has 5 nitrogen and oxygen atoms in total. The summed E-state index contributed by atoms with van der Waals surface area (Å²) in [6, 6.07) is 1.84. The van der Waals surface area contributed by atoms with Crippen LogP contribution in [0.4, 0.5) is 0 Å². The fourth-order valence-electron chi connectivity index (χ4n) is 2.71. The summed E-state index contributed by atoms with van der Waals surface area (Å²) in [6.45, 7) is 4.46. The van der Waals surface area contributed by atoms with Crippen molar-refractivity contribution >= 4 is 15.7 Å². The molecular formula is C15H24N2O3S. The second-order valence-corrected chi connectivity index (χ2v) is 8.62. The molecule has 118 valence electrons. The lowest BCUT2D eigenvalue weighted by Gasteiger charge is -2.22. The first kappa shape index (κ1) is 16.1. The van der Waals surface area contributed by atoms with Crippen molar-refractivity contribution < 1.29 is 13.2 Å². The number of hydrogen-bond acceptors (Lipinski definition) is 3. The minimum atomic E-state index is -3.04. The van der Waals surface area contributed by atoms with Gasteiger partial charge < -0.3 is 10.3 Å². The van der Waals surface area contributed by atoms with Gasteiger partial charge in [0.25, 0.3) is 5.91 Å². The Morgan fingerprint density at radius 3 is 2.86 bits per heavy atom. The topological polar surface area (TPSA) is 79.0 Å². The zero-order valence-electron chi connectivity index (χ0n) is 12.7. The summed E-state index contributed by atoms with van der Waals surface area (Å²) in [5.74, 6) is 0.545. The zero-order chi connectivity index (χ0) is 15.5. The number of amides is 1. The van der Waals surface area contributed by atoms with Crippen LogP contribution < -0.4 is 5.32 Å². The number of rotatable bonds is 5. The molecule has 0 bridgehead atoms. The summed E-state index contributed by atoms with van der Waals surface area (Å²) in [4.78, 5) is 15.0. The first-order chi connectivity index (χ1) is 9.88. The highest BCUT2D eigenvalue weighted by Gasteiger charge is 2.29. The van der Waals surface area contributed by atoms with Gasteiger partial charge in [-0.3, -0.25) is 4.79 Å². The van der Waals surface area contributed by atoms with Crippen LogP contribution in [0.2, 0.25) is 0 Å². The zero-order valence-corrected chi connectivity index (χ0v) is 13.5. The molecule has 1 amide bonds. The molecule has 6 heteroatoms. The van der Waals surface area contributed by atoms with Crippen LogP contribution >= 0.6 is 0 Å². The number of H-pyrrole nitrogens is 1. The Morgan fingerprint density at radius 1 is 1.43 bits per heavy atom. The molecule has 1 aliphatic rings. The van der Waals surface area contributed by atoms with E-state index >= 15 is 0 Å². The number of aromatic nitrogens is 1. The van der Waals surface area contributed by atoms with Crippen molar-refractivity contribution in [3.63, 3.8) is 0 Å².